The first-order valence-corrected chi connectivity index (χ1v) is 7.46. The third kappa shape index (κ3) is 2.91. The fourth-order valence-electron chi connectivity index (χ4n) is 2.35. The highest BCUT2D eigenvalue weighted by Crippen LogP contribution is 2.34. The average Bonchev–Trinajstić information content (AvgIpc) is 3.08. The Labute approximate surface area is 142 Å². The Morgan fingerprint density at radius 3 is 2.54 bits per heavy atom. The van der Waals surface area contributed by atoms with E-state index in [4.69, 9.17) is 16.6 Å². The number of carbonyl (C=O) groups is 1. The van der Waals surface area contributed by atoms with Gasteiger partial charge in [-0.15, -0.1) is 0 Å². The van der Waals surface area contributed by atoms with Crippen LogP contribution in [0.2, 0.25) is 0 Å². The first kappa shape index (κ1) is 15.9. The summed E-state index contributed by atoms with van der Waals surface area (Å²) in [6, 6.07) is 6.51. The molecule has 2 heterocycles. The lowest BCUT2D eigenvalue weighted by atomic mass is 10.0. The number of hydrogen-bond donors (Lipinski definition) is 2. The largest absolute Gasteiger partial charge is 0.456 e. The molecular formula is C16H13N3O4S. The maximum atomic E-state index is 11.6. The van der Waals surface area contributed by atoms with Crippen LogP contribution in [0.1, 0.15) is 16.9 Å². The van der Waals surface area contributed by atoms with Crippen LogP contribution in [0.3, 0.4) is 0 Å². The number of amides is 1. The molecular weight excluding hydrogens is 330 g/mol. The normalized spacial score (nSPS) is 15.5. The molecule has 1 saturated heterocycles. The van der Waals surface area contributed by atoms with Crippen molar-refractivity contribution in [3.8, 4) is 11.3 Å². The van der Waals surface area contributed by atoms with E-state index in [1.807, 2.05) is 13.8 Å². The molecule has 8 heteroatoms. The van der Waals surface area contributed by atoms with E-state index in [9.17, 15) is 14.9 Å². The predicted molar refractivity (Wildman–Crippen MR) is 92.1 cm³/mol. The van der Waals surface area contributed by atoms with E-state index in [0.717, 1.165) is 11.1 Å². The zero-order chi connectivity index (χ0) is 17.4. The van der Waals surface area contributed by atoms with Crippen LogP contribution < -0.4 is 10.6 Å². The van der Waals surface area contributed by atoms with Crippen LogP contribution in [-0.4, -0.2) is 15.9 Å². The maximum absolute atomic E-state index is 11.6. The van der Waals surface area contributed by atoms with Gasteiger partial charge < -0.3 is 9.73 Å². The second-order valence-corrected chi connectivity index (χ2v) is 5.79. The number of thiocarbonyl (C=S) groups is 1. The van der Waals surface area contributed by atoms with Crippen LogP contribution >= 0.6 is 12.2 Å². The van der Waals surface area contributed by atoms with Crippen molar-refractivity contribution >= 4 is 35.0 Å². The number of carbonyl (C=O) groups excluding carboxylic acids is 1. The van der Waals surface area contributed by atoms with E-state index in [0.29, 0.717) is 17.1 Å². The quantitative estimate of drug-likeness (QED) is 0.385. The topological polar surface area (TPSA) is 97.4 Å². The zero-order valence-electron chi connectivity index (χ0n) is 12.9. The van der Waals surface area contributed by atoms with E-state index in [-0.39, 0.29) is 22.4 Å². The van der Waals surface area contributed by atoms with Crippen molar-refractivity contribution < 1.29 is 14.1 Å². The maximum Gasteiger partial charge on any atom is 0.280 e. The first-order valence-electron chi connectivity index (χ1n) is 7.05. The number of nitro benzene ring substituents is 1. The Balaban J connectivity index is 2.01. The summed E-state index contributed by atoms with van der Waals surface area (Å²) in [5.41, 5.74) is 2.39. The molecule has 0 bridgehead atoms. The summed E-state index contributed by atoms with van der Waals surface area (Å²) in [6.07, 6.45) is 1.49. The summed E-state index contributed by atoms with van der Waals surface area (Å²) in [5, 5.41) is 16.7. The van der Waals surface area contributed by atoms with Gasteiger partial charge in [0.2, 0.25) is 0 Å². The Bertz CT molecular complexity index is 914. The van der Waals surface area contributed by atoms with E-state index in [1.165, 1.54) is 12.1 Å². The highest BCUT2D eigenvalue weighted by molar-refractivity contribution is 7.80. The molecule has 1 aromatic heterocycles. The molecule has 1 aromatic carbocycles. The number of benzene rings is 1. The molecule has 0 radical (unpaired) electrons. The number of furan rings is 1. The van der Waals surface area contributed by atoms with E-state index in [2.05, 4.69) is 10.6 Å². The minimum Gasteiger partial charge on any atom is -0.456 e. The molecule has 3 rings (SSSR count). The molecule has 1 aliphatic heterocycles. The number of rotatable bonds is 3. The van der Waals surface area contributed by atoms with Crippen molar-refractivity contribution in [1.82, 2.24) is 10.6 Å². The Morgan fingerprint density at radius 2 is 1.92 bits per heavy atom. The average molecular weight is 343 g/mol. The lowest BCUT2D eigenvalue weighted by Crippen LogP contribution is -2.21. The van der Waals surface area contributed by atoms with Crippen molar-refractivity contribution in [3.05, 3.63) is 57.0 Å². The molecule has 1 fully saturated rings. The summed E-state index contributed by atoms with van der Waals surface area (Å²) in [7, 11) is 0. The molecule has 7 nitrogen and oxygen atoms in total. The second-order valence-electron chi connectivity index (χ2n) is 5.38. The molecule has 0 atom stereocenters. The van der Waals surface area contributed by atoms with Crippen LogP contribution in [0, 0.1) is 24.0 Å². The van der Waals surface area contributed by atoms with Gasteiger partial charge in [0, 0.05) is 12.1 Å². The first-order chi connectivity index (χ1) is 11.3. The van der Waals surface area contributed by atoms with Crippen LogP contribution in [0.4, 0.5) is 5.69 Å². The summed E-state index contributed by atoms with van der Waals surface area (Å²) in [5.74, 6) is 0.396. The predicted octanol–water partition coefficient (Wildman–Crippen LogP) is 2.82. The van der Waals surface area contributed by atoms with Crippen molar-refractivity contribution in [2.24, 2.45) is 0 Å². The van der Waals surface area contributed by atoms with Crippen molar-refractivity contribution in [2.75, 3.05) is 0 Å². The van der Waals surface area contributed by atoms with Gasteiger partial charge in [0.05, 0.1) is 10.5 Å². The number of nitrogens with zero attached hydrogens (tertiary/aromatic N) is 1. The Morgan fingerprint density at radius 1 is 1.21 bits per heavy atom. The third-order valence-corrected chi connectivity index (χ3v) is 3.91. The third-order valence-electron chi connectivity index (χ3n) is 3.71. The molecule has 0 aliphatic carbocycles. The van der Waals surface area contributed by atoms with Crippen molar-refractivity contribution in [3.63, 3.8) is 0 Å². The van der Waals surface area contributed by atoms with E-state index >= 15 is 0 Å². The number of nitro groups is 1. The highest BCUT2D eigenvalue weighted by Gasteiger charge is 2.22. The molecule has 2 aromatic rings. The number of nitrogens with one attached hydrogen (secondary N) is 2. The van der Waals surface area contributed by atoms with Gasteiger partial charge in [-0.2, -0.15) is 0 Å². The Hall–Kier alpha value is -3.00. The molecule has 24 heavy (non-hydrogen) atoms. The number of hydrogen-bond acceptors (Lipinski definition) is 5. The highest BCUT2D eigenvalue weighted by atomic mass is 32.1. The van der Waals surface area contributed by atoms with Gasteiger partial charge in [0.15, 0.2) is 5.11 Å². The molecule has 2 N–H and O–H groups in total. The van der Waals surface area contributed by atoms with Crippen LogP contribution in [0.25, 0.3) is 17.4 Å². The zero-order valence-corrected chi connectivity index (χ0v) is 13.7. The summed E-state index contributed by atoms with van der Waals surface area (Å²) >= 11 is 4.85. The van der Waals surface area contributed by atoms with E-state index in [1.54, 1.807) is 18.2 Å². The van der Waals surface area contributed by atoms with Gasteiger partial charge in [0.25, 0.3) is 11.6 Å². The fraction of sp³-hybridized carbons (Fsp3) is 0.125. The lowest BCUT2D eigenvalue weighted by molar-refractivity contribution is -0.384. The van der Waals surface area contributed by atoms with E-state index < -0.39 is 4.92 Å². The molecule has 0 spiro atoms. The summed E-state index contributed by atoms with van der Waals surface area (Å²) in [6.45, 7) is 3.69. The van der Waals surface area contributed by atoms with Gasteiger partial charge in [0.1, 0.15) is 17.2 Å². The molecule has 0 unspecified atom stereocenters. The molecule has 1 aliphatic rings. The Kier molecular flexibility index (Phi) is 3.90. The fourth-order valence-corrected chi connectivity index (χ4v) is 2.55. The molecule has 0 saturated carbocycles. The van der Waals surface area contributed by atoms with Crippen molar-refractivity contribution in [2.45, 2.75) is 13.8 Å². The van der Waals surface area contributed by atoms with Crippen LogP contribution in [0.5, 0.6) is 0 Å². The van der Waals surface area contributed by atoms with Gasteiger partial charge >= 0.3 is 0 Å². The van der Waals surface area contributed by atoms with Crippen LogP contribution in [-0.2, 0) is 4.79 Å². The molecule has 1 amide bonds. The lowest BCUT2D eigenvalue weighted by Gasteiger charge is -2.04. The number of aryl methyl sites for hydroxylation is 2. The standard InChI is InChI=1S/C16H13N3O4S/c1-8-5-11(13(19(21)22)6-9(8)2)14-4-3-10(23-14)7-12-15(20)18-16(24)17-12/h3-7H,1-2H3,(H2,17,18,20,24). The smallest absolute Gasteiger partial charge is 0.280 e. The molecule has 122 valence electrons. The van der Waals surface area contributed by atoms with Gasteiger partial charge in [-0.05, 0) is 55.4 Å². The minimum atomic E-state index is -0.438. The van der Waals surface area contributed by atoms with Gasteiger partial charge in [-0.3, -0.25) is 20.2 Å². The van der Waals surface area contributed by atoms with Crippen molar-refractivity contribution in [1.29, 1.82) is 0 Å². The van der Waals surface area contributed by atoms with Gasteiger partial charge in [-0.25, -0.2) is 0 Å². The summed E-state index contributed by atoms with van der Waals surface area (Å²) in [4.78, 5) is 22.5. The minimum absolute atomic E-state index is 0.0236. The monoisotopic (exact) mass is 343 g/mol. The van der Waals surface area contributed by atoms with Crippen LogP contribution in [0.15, 0.2) is 34.4 Å². The second kappa shape index (κ2) is 5.89. The summed E-state index contributed by atoms with van der Waals surface area (Å²) < 4.78 is 5.66. The SMILES string of the molecule is Cc1cc(-c2ccc(C=C3NC(=S)NC3=O)o2)c([N+](=O)[O-])cc1C. The van der Waals surface area contributed by atoms with Gasteiger partial charge in [-0.1, -0.05) is 0 Å².